The van der Waals surface area contributed by atoms with E-state index in [1.54, 1.807) is 28.7 Å². The monoisotopic (exact) mass is 559 g/mol. The summed E-state index contributed by atoms with van der Waals surface area (Å²) >= 11 is 1.59. The highest BCUT2D eigenvalue weighted by Crippen LogP contribution is 2.37. The SMILES string of the molecule is Cc1noc(-c2ccccc2)c1CSC[C@H]1O[C@@H](n2cc(CCc3cncnc3)c3c(N)ncnc32)[C@H](O)[C@@H]1O. The summed E-state index contributed by atoms with van der Waals surface area (Å²) in [5, 5.41) is 26.8. The van der Waals surface area contributed by atoms with Gasteiger partial charge in [-0.05, 0) is 30.9 Å². The van der Waals surface area contributed by atoms with Gasteiger partial charge in [0.1, 0.15) is 36.3 Å². The van der Waals surface area contributed by atoms with Crippen molar-refractivity contribution in [3.05, 3.63) is 84.0 Å². The minimum atomic E-state index is -1.15. The van der Waals surface area contributed by atoms with Crippen molar-refractivity contribution >= 4 is 28.6 Å². The van der Waals surface area contributed by atoms with Gasteiger partial charge in [0.25, 0.3) is 0 Å². The molecule has 0 spiro atoms. The summed E-state index contributed by atoms with van der Waals surface area (Å²) in [4.78, 5) is 16.8. The molecule has 4 N–H and O–H groups in total. The van der Waals surface area contributed by atoms with Crippen LogP contribution in [0.1, 0.15) is 28.6 Å². The van der Waals surface area contributed by atoms with Gasteiger partial charge in [-0.2, -0.15) is 11.8 Å². The number of aryl methyl sites for hydroxylation is 3. The fraction of sp³-hybridized carbons (Fsp3) is 0.321. The van der Waals surface area contributed by atoms with Gasteiger partial charge < -0.3 is 29.8 Å². The van der Waals surface area contributed by atoms with Crippen LogP contribution in [0.4, 0.5) is 5.82 Å². The van der Waals surface area contributed by atoms with Gasteiger partial charge >= 0.3 is 0 Å². The quantitative estimate of drug-likeness (QED) is 0.244. The molecule has 40 heavy (non-hydrogen) atoms. The molecule has 0 unspecified atom stereocenters. The summed E-state index contributed by atoms with van der Waals surface area (Å²) in [6.07, 6.45) is 6.00. The number of aliphatic hydroxyl groups excluding tert-OH is 2. The molecule has 0 aliphatic carbocycles. The molecule has 1 aliphatic rings. The van der Waals surface area contributed by atoms with E-state index in [2.05, 4.69) is 25.1 Å². The molecule has 206 valence electrons. The van der Waals surface area contributed by atoms with Crippen LogP contribution >= 0.6 is 11.8 Å². The van der Waals surface area contributed by atoms with Gasteiger partial charge in [0.2, 0.25) is 0 Å². The molecule has 0 bridgehead atoms. The van der Waals surface area contributed by atoms with E-state index in [0.717, 1.165) is 33.7 Å². The Morgan fingerprint density at radius 2 is 1.82 bits per heavy atom. The first-order valence-electron chi connectivity index (χ1n) is 12.9. The van der Waals surface area contributed by atoms with Crippen LogP contribution in [0.5, 0.6) is 0 Å². The number of aromatic nitrogens is 6. The summed E-state index contributed by atoms with van der Waals surface area (Å²) in [6.45, 7) is 1.92. The number of hydrogen-bond acceptors (Lipinski definition) is 11. The Hall–Kier alpha value is -3.84. The molecular formula is C28H29N7O4S. The maximum absolute atomic E-state index is 11.0. The smallest absolute Gasteiger partial charge is 0.171 e. The first-order valence-corrected chi connectivity index (χ1v) is 14.1. The van der Waals surface area contributed by atoms with Crippen LogP contribution in [0.25, 0.3) is 22.4 Å². The van der Waals surface area contributed by atoms with Gasteiger partial charge in [0, 0.05) is 41.2 Å². The van der Waals surface area contributed by atoms with Gasteiger partial charge in [-0.15, -0.1) is 0 Å². The third-order valence-corrected chi connectivity index (χ3v) is 8.23. The molecule has 1 aromatic carbocycles. The van der Waals surface area contributed by atoms with Gasteiger partial charge in [0.05, 0.1) is 17.2 Å². The Morgan fingerprint density at radius 1 is 1.02 bits per heavy atom. The molecular weight excluding hydrogens is 530 g/mol. The average molecular weight is 560 g/mol. The van der Waals surface area contributed by atoms with Gasteiger partial charge in [-0.3, -0.25) is 0 Å². The Bertz CT molecular complexity index is 1590. The van der Waals surface area contributed by atoms with E-state index in [9.17, 15) is 10.2 Å². The van der Waals surface area contributed by atoms with Crippen LogP contribution in [-0.4, -0.2) is 63.9 Å². The summed E-state index contributed by atoms with van der Waals surface area (Å²) in [5.41, 5.74) is 11.5. The van der Waals surface area contributed by atoms with Crippen molar-refractivity contribution < 1.29 is 19.5 Å². The van der Waals surface area contributed by atoms with Crippen molar-refractivity contribution in [2.24, 2.45) is 0 Å². The number of thioether (sulfide) groups is 1. The van der Waals surface area contributed by atoms with Crippen molar-refractivity contribution in [2.75, 3.05) is 11.5 Å². The molecule has 1 saturated heterocycles. The number of rotatable bonds is 9. The second kappa shape index (κ2) is 11.3. The van der Waals surface area contributed by atoms with Crippen LogP contribution in [0.2, 0.25) is 0 Å². The zero-order chi connectivity index (χ0) is 27.6. The Morgan fingerprint density at radius 3 is 2.62 bits per heavy atom. The number of fused-ring (bicyclic) bond motifs is 1. The Labute approximate surface area is 234 Å². The molecule has 0 saturated carbocycles. The van der Waals surface area contributed by atoms with Crippen molar-refractivity contribution in [1.82, 2.24) is 29.7 Å². The second-order valence-corrected chi connectivity index (χ2v) is 10.8. The zero-order valence-corrected chi connectivity index (χ0v) is 22.6. The third-order valence-electron chi connectivity index (χ3n) is 7.17. The molecule has 0 amide bonds. The number of benzene rings is 1. The third kappa shape index (κ3) is 5.06. The van der Waals surface area contributed by atoms with Gasteiger partial charge in [0.15, 0.2) is 12.0 Å². The summed E-state index contributed by atoms with van der Waals surface area (Å²) in [5.74, 6) is 2.17. The minimum absolute atomic E-state index is 0.349. The fourth-order valence-corrected chi connectivity index (χ4v) is 6.23. The number of ether oxygens (including phenoxy) is 1. The Balaban J connectivity index is 1.18. The molecule has 12 heteroatoms. The van der Waals surface area contributed by atoms with Crippen molar-refractivity contribution in [2.45, 2.75) is 50.1 Å². The van der Waals surface area contributed by atoms with Crippen molar-refractivity contribution in [3.8, 4) is 11.3 Å². The van der Waals surface area contributed by atoms with Crippen LogP contribution in [0, 0.1) is 6.92 Å². The van der Waals surface area contributed by atoms with Crippen molar-refractivity contribution in [3.63, 3.8) is 0 Å². The fourth-order valence-electron chi connectivity index (χ4n) is 5.06. The Kier molecular flexibility index (Phi) is 7.48. The highest BCUT2D eigenvalue weighted by Gasteiger charge is 2.44. The van der Waals surface area contributed by atoms with E-state index < -0.39 is 24.5 Å². The number of nitrogens with two attached hydrogens (primary N) is 1. The van der Waals surface area contributed by atoms with E-state index in [1.165, 1.54) is 12.7 Å². The van der Waals surface area contributed by atoms with E-state index in [4.69, 9.17) is 15.0 Å². The maximum Gasteiger partial charge on any atom is 0.171 e. The lowest BCUT2D eigenvalue weighted by molar-refractivity contribution is -0.0286. The molecule has 5 aromatic rings. The van der Waals surface area contributed by atoms with Crippen LogP contribution < -0.4 is 5.73 Å². The lowest BCUT2D eigenvalue weighted by Crippen LogP contribution is -2.32. The predicted molar refractivity (Wildman–Crippen MR) is 150 cm³/mol. The summed E-state index contributed by atoms with van der Waals surface area (Å²) in [7, 11) is 0. The molecule has 5 heterocycles. The topological polar surface area (TPSA) is 158 Å². The van der Waals surface area contributed by atoms with E-state index in [1.807, 2.05) is 43.5 Å². The normalized spacial score (nSPS) is 20.9. The molecule has 4 atom stereocenters. The standard InChI is InChI=1S/C28H29N7O4S/c1-16-20(25(39-34-16)18-5-3-2-4-6-18)12-40-13-21-23(36)24(37)28(38-21)35-11-19(8-7-17-9-30-14-31-10-17)22-26(29)32-15-33-27(22)35/h2-6,9-11,14-15,21,23-24,28,36-37H,7-8,12-13H2,1H3,(H2,29,32,33)/t21-,23-,24-,28-/m1/s1. The van der Waals surface area contributed by atoms with Gasteiger partial charge in [-0.1, -0.05) is 35.5 Å². The number of nitrogens with zero attached hydrogens (tertiary/aromatic N) is 6. The average Bonchev–Trinajstić information content (AvgIpc) is 3.63. The second-order valence-electron chi connectivity index (χ2n) is 9.77. The largest absolute Gasteiger partial charge is 0.387 e. The summed E-state index contributed by atoms with van der Waals surface area (Å²) < 4.78 is 13.6. The first kappa shape index (κ1) is 26.4. The predicted octanol–water partition coefficient (Wildman–Crippen LogP) is 3.10. The molecule has 6 rings (SSSR count). The number of aliphatic hydroxyl groups is 2. The lowest BCUT2D eigenvalue weighted by Gasteiger charge is -2.17. The number of anilines is 1. The van der Waals surface area contributed by atoms with E-state index >= 15 is 0 Å². The zero-order valence-electron chi connectivity index (χ0n) is 21.8. The molecule has 0 radical (unpaired) electrons. The number of nitrogen functional groups attached to an aromatic ring is 1. The van der Waals surface area contributed by atoms with Crippen LogP contribution in [-0.2, 0) is 23.3 Å². The van der Waals surface area contributed by atoms with Gasteiger partial charge in [-0.25, -0.2) is 19.9 Å². The van der Waals surface area contributed by atoms with E-state index in [-0.39, 0.29) is 0 Å². The minimum Gasteiger partial charge on any atom is -0.387 e. The summed E-state index contributed by atoms with van der Waals surface area (Å²) in [6, 6.07) is 9.84. The highest BCUT2D eigenvalue weighted by atomic mass is 32.2. The first-order chi connectivity index (χ1) is 19.5. The highest BCUT2D eigenvalue weighted by molar-refractivity contribution is 7.98. The van der Waals surface area contributed by atoms with Crippen molar-refractivity contribution in [1.29, 1.82) is 0 Å². The van der Waals surface area contributed by atoms with E-state index in [0.29, 0.717) is 41.2 Å². The molecule has 1 aliphatic heterocycles. The van der Waals surface area contributed by atoms with Crippen LogP contribution in [0.3, 0.4) is 0 Å². The maximum atomic E-state index is 11.0. The van der Waals surface area contributed by atoms with Crippen LogP contribution in [0.15, 0.2) is 66.1 Å². The number of hydrogen-bond donors (Lipinski definition) is 3. The lowest BCUT2D eigenvalue weighted by atomic mass is 10.1. The molecule has 11 nitrogen and oxygen atoms in total. The molecule has 1 fully saturated rings. The molecule has 4 aromatic heterocycles.